The minimum absolute atomic E-state index is 0.244. The van der Waals surface area contributed by atoms with Crippen LogP contribution >= 0.6 is 38.5 Å². The smallest absolute Gasteiger partial charge is 0.0918 e. The largest absolute Gasteiger partial charge is 0.369 e. The van der Waals surface area contributed by atoms with Gasteiger partial charge < -0.3 is 4.74 Å². The third-order valence-corrected chi connectivity index (χ3v) is 4.96. The molecule has 0 heterocycles. The standard InChI is InChI=1S/C15H20BrIO/c1-11-3-2-4-14(9-11)18-15(10-17)12-5-7-13(16)8-6-12/h5-8,11,14-15H,2-4,9-10H2,1H3. The lowest BCUT2D eigenvalue weighted by molar-refractivity contribution is -0.0283. The molecule has 1 aliphatic rings. The molecular formula is C15H20BrIO. The molecule has 0 spiro atoms. The molecule has 0 saturated heterocycles. The Morgan fingerprint density at radius 3 is 2.67 bits per heavy atom. The molecule has 0 aliphatic heterocycles. The quantitative estimate of drug-likeness (QED) is 0.458. The van der Waals surface area contributed by atoms with Crippen molar-refractivity contribution >= 4 is 38.5 Å². The van der Waals surface area contributed by atoms with E-state index in [9.17, 15) is 0 Å². The molecule has 1 saturated carbocycles. The van der Waals surface area contributed by atoms with Crippen LogP contribution in [0.5, 0.6) is 0 Å². The van der Waals surface area contributed by atoms with Crippen LogP contribution in [-0.2, 0) is 4.74 Å². The number of halogens is 2. The summed E-state index contributed by atoms with van der Waals surface area (Å²) in [5.41, 5.74) is 1.30. The molecule has 1 aromatic carbocycles. The van der Waals surface area contributed by atoms with Gasteiger partial charge in [0.05, 0.1) is 12.2 Å². The first-order valence-electron chi connectivity index (χ1n) is 6.66. The number of rotatable bonds is 4. The van der Waals surface area contributed by atoms with Crippen LogP contribution in [-0.4, -0.2) is 10.5 Å². The van der Waals surface area contributed by atoms with E-state index >= 15 is 0 Å². The van der Waals surface area contributed by atoms with E-state index in [1.54, 1.807) is 0 Å². The summed E-state index contributed by atoms with van der Waals surface area (Å²) in [6.07, 6.45) is 5.84. The maximum Gasteiger partial charge on any atom is 0.0918 e. The van der Waals surface area contributed by atoms with Gasteiger partial charge in [0.1, 0.15) is 0 Å². The van der Waals surface area contributed by atoms with E-state index in [-0.39, 0.29) is 6.10 Å². The highest BCUT2D eigenvalue weighted by molar-refractivity contribution is 14.1. The lowest BCUT2D eigenvalue weighted by Crippen LogP contribution is -2.24. The van der Waals surface area contributed by atoms with Crippen molar-refractivity contribution in [2.24, 2.45) is 5.92 Å². The molecular weight excluding hydrogens is 403 g/mol. The monoisotopic (exact) mass is 422 g/mol. The van der Waals surface area contributed by atoms with E-state index in [0.717, 1.165) is 14.8 Å². The minimum Gasteiger partial charge on any atom is -0.369 e. The minimum atomic E-state index is 0.244. The summed E-state index contributed by atoms with van der Waals surface area (Å²) in [7, 11) is 0. The highest BCUT2D eigenvalue weighted by Crippen LogP contribution is 2.31. The second-order valence-corrected chi connectivity index (χ2v) is 7.02. The first-order valence-corrected chi connectivity index (χ1v) is 8.97. The Labute approximate surface area is 132 Å². The number of alkyl halides is 1. The van der Waals surface area contributed by atoms with Crippen LogP contribution in [0, 0.1) is 5.92 Å². The van der Waals surface area contributed by atoms with Crippen LogP contribution in [0.3, 0.4) is 0 Å². The fourth-order valence-corrected chi connectivity index (χ4v) is 3.60. The molecule has 3 unspecified atom stereocenters. The lowest BCUT2D eigenvalue weighted by atomic mass is 9.88. The number of benzene rings is 1. The maximum atomic E-state index is 6.31. The van der Waals surface area contributed by atoms with Gasteiger partial charge in [0.25, 0.3) is 0 Å². The molecule has 1 fully saturated rings. The van der Waals surface area contributed by atoms with Crippen LogP contribution < -0.4 is 0 Å². The third-order valence-electron chi connectivity index (χ3n) is 3.63. The zero-order valence-electron chi connectivity index (χ0n) is 10.7. The maximum absolute atomic E-state index is 6.31. The van der Waals surface area contributed by atoms with Crippen LogP contribution in [0.4, 0.5) is 0 Å². The molecule has 0 radical (unpaired) electrons. The molecule has 1 aliphatic carbocycles. The van der Waals surface area contributed by atoms with E-state index in [1.807, 2.05) is 0 Å². The van der Waals surface area contributed by atoms with Gasteiger partial charge in [-0.2, -0.15) is 0 Å². The molecule has 1 aromatic rings. The predicted octanol–water partition coefficient (Wildman–Crippen LogP) is 5.52. The SMILES string of the molecule is CC1CCCC(OC(CI)c2ccc(Br)cc2)C1. The Kier molecular flexibility index (Phi) is 5.96. The van der Waals surface area contributed by atoms with Crippen molar-refractivity contribution in [1.29, 1.82) is 0 Å². The van der Waals surface area contributed by atoms with Crippen molar-refractivity contribution in [2.45, 2.75) is 44.8 Å². The van der Waals surface area contributed by atoms with E-state index in [4.69, 9.17) is 4.74 Å². The van der Waals surface area contributed by atoms with Crippen molar-refractivity contribution in [3.8, 4) is 0 Å². The molecule has 3 atom stereocenters. The Morgan fingerprint density at radius 1 is 1.33 bits per heavy atom. The molecule has 0 amide bonds. The summed E-state index contributed by atoms with van der Waals surface area (Å²) in [6.45, 7) is 2.34. The molecule has 0 N–H and O–H groups in total. The molecule has 0 bridgehead atoms. The van der Waals surface area contributed by atoms with Gasteiger partial charge in [-0.3, -0.25) is 0 Å². The van der Waals surface area contributed by atoms with Crippen molar-refractivity contribution in [3.05, 3.63) is 34.3 Å². The van der Waals surface area contributed by atoms with Gasteiger partial charge in [-0.25, -0.2) is 0 Å². The lowest BCUT2D eigenvalue weighted by Gasteiger charge is -2.30. The van der Waals surface area contributed by atoms with Crippen LogP contribution in [0.15, 0.2) is 28.7 Å². The predicted molar refractivity (Wildman–Crippen MR) is 88.3 cm³/mol. The van der Waals surface area contributed by atoms with Crippen LogP contribution in [0.1, 0.15) is 44.3 Å². The van der Waals surface area contributed by atoms with Crippen molar-refractivity contribution < 1.29 is 4.74 Å². The highest BCUT2D eigenvalue weighted by atomic mass is 127. The second kappa shape index (κ2) is 7.25. The summed E-state index contributed by atoms with van der Waals surface area (Å²) in [5, 5.41) is 0. The molecule has 18 heavy (non-hydrogen) atoms. The normalized spacial score (nSPS) is 25.9. The summed E-state index contributed by atoms with van der Waals surface area (Å²) in [4.78, 5) is 0. The Morgan fingerprint density at radius 2 is 2.06 bits per heavy atom. The summed E-state index contributed by atoms with van der Waals surface area (Å²) >= 11 is 5.91. The van der Waals surface area contributed by atoms with Crippen molar-refractivity contribution in [2.75, 3.05) is 4.43 Å². The topological polar surface area (TPSA) is 9.23 Å². The van der Waals surface area contributed by atoms with Crippen LogP contribution in [0.2, 0.25) is 0 Å². The van der Waals surface area contributed by atoms with Gasteiger partial charge in [0, 0.05) is 8.90 Å². The second-order valence-electron chi connectivity index (χ2n) is 5.22. The van der Waals surface area contributed by atoms with Gasteiger partial charge in [0.15, 0.2) is 0 Å². The fourth-order valence-electron chi connectivity index (χ4n) is 2.62. The van der Waals surface area contributed by atoms with Gasteiger partial charge in [-0.15, -0.1) is 0 Å². The van der Waals surface area contributed by atoms with Gasteiger partial charge in [-0.05, 0) is 36.5 Å². The fraction of sp³-hybridized carbons (Fsp3) is 0.600. The molecule has 0 aromatic heterocycles. The Hall–Kier alpha value is 0.390. The van der Waals surface area contributed by atoms with Gasteiger partial charge >= 0.3 is 0 Å². The summed E-state index contributed by atoms with van der Waals surface area (Å²) < 4.78 is 8.46. The van der Waals surface area contributed by atoms with Crippen molar-refractivity contribution in [3.63, 3.8) is 0 Å². The molecule has 3 heteroatoms. The average Bonchev–Trinajstić information content (AvgIpc) is 2.37. The van der Waals surface area contributed by atoms with Crippen molar-refractivity contribution in [1.82, 2.24) is 0 Å². The number of ether oxygens (including phenoxy) is 1. The Bertz CT molecular complexity index is 365. The van der Waals surface area contributed by atoms with E-state index in [1.165, 1.54) is 31.2 Å². The molecule has 1 nitrogen and oxygen atoms in total. The summed E-state index contributed by atoms with van der Waals surface area (Å²) in [6, 6.07) is 8.53. The van der Waals surface area contributed by atoms with Gasteiger partial charge in [0.2, 0.25) is 0 Å². The first kappa shape index (κ1) is 14.8. The Balaban J connectivity index is 1.98. The van der Waals surface area contributed by atoms with Crippen LogP contribution in [0.25, 0.3) is 0 Å². The average molecular weight is 423 g/mol. The number of hydrogen-bond donors (Lipinski definition) is 0. The zero-order valence-corrected chi connectivity index (χ0v) is 14.5. The summed E-state index contributed by atoms with van der Waals surface area (Å²) in [5.74, 6) is 0.823. The third kappa shape index (κ3) is 4.20. The number of hydrogen-bond acceptors (Lipinski definition) is 1. The van der Waals surface area contributed by atoms with Gasteiger partial charge in [-0.1, -0.05) is 70.4 Å². The zero-order chi connectivity index (χ0) is 13.0. The highest BCUT2D eigenvalue weighted by Gasteiger charge is 2.23. The molecule has 2 rings (SSSR count). The van der Waals surface area contributed by atoms with E-state index in [2.05, 4.69) is 69.7 Å². The van der Waals surface area contributed by atoms with E-state index in [0.29, 0.717) is 6.10 Å². The molecule has 100 valence electrons. The first-order chi connectivity index (χ1) is 8.69. The van der Waals surface area contributed by atoms with E-state index < -0.39 is 0 Å².